The molecule has 0 aromatic carbocycles. The number of aromatic amines is 1. The van der Waals surface area contributed by atoms with Crippen LogP contribution in [0.15, 0.2) is 24.3 Å². The molecule has 0 saturated heterocycles. The van der Waals surface area contributed by atoms with Crippen molar-refractivity contribution in [2.75, 3.05) is 13.2 Å². The summed E-state index contributed by atoms with van der Waals surface area (Å²) in [5, 5.41) is 16.2. The van der Waals surface area contributed by atoms with Crippen molar-refractivity contribution < 1.29 is 14.5 Å². The minimum atomic E-state index is -0.609. The smallest absolute Gasteiger partial charge is 0.311 e. The fourth-order valence-electron chi connectivity index (χ4n) is 1.18. The minimum absolute atomic E-state index is 0.127. The molecule has 7 heteroatoms. The van der Waals surface area contributed by atoms with Gasteiger partial charge >= 0.3 is 5.97 Å². The van der Waals surface area contributed by atoms with E-state index in [1.165, 1.54) is 11.0 Å². The van der Waals surface area contributed by atoms with Gasteiger partial charge in [-0.25, -0.2) is 0 Å². The highest BCUT2D eigenvalue weighted by molar-refractivity contribution is 5.84. The van der Waals surface area contributed by atoms with Crippen molar-refractivity contribution in [1.82, 2.24) is 4.98 Å². The van der Waals surface area contributed by atoms with Crippen LogP contribution in [0.3, 0.4) is 0 Å². The van der Waals surface area contributed by atoms with E-state index in [0.717, 1.165) is 6.21 Å². The molecule has 0 atom stereocenters. The highest BCUT2D eigenvalue weighted by Crippen LogP contribution is 2.07. The number of carbonyl (C=O) groups is 1. The lowest BCUT2D eigenvalue weighted by Gasteiger charge is -1.97. The van der Waals surface area contributed by atoms with Crippen molar-refractivity contribution in [2.24, 2.45) is 0 Å². The van der Waals surface area contributed by atoms with Gasteiger partial charge in [0.25, 0.3) is 0 Å². The number of aromatic nitrogens is 1. The van der Waals surface area contributed by atoms with Crippen molar-refractivity contribution >= 4 is 23.2 Å². The summed E-state index contributed by atoms with van der Waals surface area (Å²) in [5.41, 5.74) is 2.44. The largest absolute Gasteiger partial charge is 0.458 e. The maximum absolute atomic E-state index is 10.4. The second kappa shape index (κ2) is 7.00. The average Bonchev–Trinajstić information content (AvgIpc) is 2.93. The molecule has 0 radical (unpaired) electrons. The van der Waals surface area contributed by atoms with E-state index in [0.29, 0.717) is 0 Å². The molecule has 0 saturated carbocycles. The molecule has 2 rings (SSSR count). The van der Waals surface area contributed by atoms with Gasteiger partial charge in [0.1, 0.15) is 0 Å². The van der Waals surface area contributed by atoms with Crippen molar-refractivity contribution in [3.63, 3.8) is 0 Å². The lowest BCUT2D eigenvalue weighted by Crippen LogP contribution is -2.13. The number of esters is 1. The zero-order valence-corrected chi connectivity index (χ0v) is 9.59. The fraction of sp³-hybridized carbons (Fsp3) is 0.273. The number of hydrogen-bond acceptors (Lipinski definition) is 5. The van der Waals surface area contributed by atoms with Crippen LogP contribution in [0, 0.1) is 15.5 Å². The van der Waals surface area contributed by atoms with Gasteiger partial charge in [0.2, 0.25) is 6.54 Å². The number of nitro groups is 1. The van der Waals surface area contributed by atoms with Gasteiger partial charge < -0.3 is 15.1 Å². The monoisotopic (exact) mass is 251 g/mol. The Balaban J connectivity index is 0.000000194. The molecule has 2 heterocycles. The summed E-state index contributed by atoms with van der Waals surface area (Å²) < 4.78 is 4.36. The van der Waals surface area contributed by atoms with E-state index in [1.54, 1.807) is 0 Å². The normalized spacial score (nSPS) is 9.56. The van der Waals surface area contributed by atoms with Crippen LogP contribution >= 0.6 is 0 Å². The van der Waals surface area contributed by atoms with Gasteiger partial charge in [-0.3, -0.25) is 14.9 Å². The highest BCUT2D eigenvalue weighted by atomic mass is 16.6. The van der Waals surface area contributed by atoms with Crippen LogP contribution in [0.4, 0.5) is 0 Å². The van der Waals surface area contributed by atoms with Crippen LogP contribution in [-0.2, 0) is 9.53 Å². The first kappa shape index (κ1) is 13.6. The molecule has 0 fully saturated rings. The third-order valence-corrected chi connectivity index (χ3v) is 1.98. The number of fused-ring (bicyclic) bond motifs is 2. The van der Waals surface area contributed by atoms with E-state index in [4.69, 9.17) is 5.41 Å². The Kier molecular flexibility index (Phi) is 5.30. The molecule has 96 valence electrons. The van der Waals surface area contributed by atoms with E-state index >= 15 is 0 Å². The summed E-state index contributed by atoms with van der Waals surface area (Å²) in [6, 6.07) is 8.26. The molecule has 2 aromatic rings. The molecule has 0 aliphatic heterocycles. The lowest BCUT2D eigenvalue weighted by molar-refractivity contribution is -0.482. The Bertz CT molecular complexity index is 463. The summed E-state index contributed by atoms with van der Waals surface area (Å²) in [6.07, 6.45) is 0.756. The Morgan fingerprint density at radius 2 is 1.94 bits per heavy atom. The highest BCUT2D eigenvalue weighted by Gasteiger charge is 2.02. The standard InChI is InChI=1S/C6H5N.C5H8N2O4/c1-2-6-4-3-5(1)7-6;6-2-1-5(8)11-4-3-7(9)10/h1-4,7H;2,6H,1,3-4H2. The van der Waals surface area contributed by atoms with E-state index in [2.05, 4.69) is 34.0 Å². The van der Waals surface area contributed by atoms with Crippen molar-refractivity contribution in [3.05, 3.63) is 34.4 Å². The molecule has 2 bridgehead atoms. The molecular weight excluding hydrogens is 238 g/mol. The topological polar surface area (TPSA) is 109 Å². The van der Waals surface area contributed by atoms with Gasteiger partial charge in [0, 0.05) is 22.2 Å². The van der Waals surface area contributed by atoms with E-state index < -0.39 is 10.9 Å². The zero-order valence-electron chi connectivity index (χ0n) is 9.59. The van der Waals surface area contributed by atoms with Gasteiger partial charge in [-0.05, 0) is 24.3 Å². The van der Waals surface area contributed by atoms with E-state index in [1.807, 2.05) is 0 Å². The Morgan fingerprint density at radius 3 is 2.28 bits per heavy atom. The van der Waals surface area contributed by atoms with Crippen LogP contribution in [0.2, 0.25) is 0 Å². The quantitative estimate of drug-likeness (QED) is 0.362. The number of hydrogen-bond donors (Lipinski definition) is 2. The van der Waals surface area contributed by atoms with Gasteiger partial charge in [0.15, 0.2) is 6.61 Å². The van der Waals surface area contributed by atoms with E-state index in [9.17, 15) is 14.9 Å². The minimum Gasteiger partial charge on any atom is -0.458 e. The summed E-state index contributed by atoms with van der Waals surface area (Å²) in [5.74, 6) is -0.609. The first-order valence-corrected chi connectivity index (χ1v) is 5.25. The lowest BCUT2D eigenvalue weighted by atomic mass is 10.4. The van der Waals surface area contributed by atoms with Crippen LogP contribution in [0.5, 0.6) is 0 Å². The Morgan fingerprint density at radius 1 is 1.39 bits per heavy atom. The molecule has 0 spiro atoms. The predicted molar refractivity (Wildman–Crippen MR) is 65.7 cm³/mol. The van der Waals surface area contributed by atoms with Gasteiger partial charge in [0.05, 0.1) is 6.42 Å². The molecule has 0 amide bonds. The molecule has 2 aromatic heterocycles. The van der Waals surface area contributed by atoms with E-state index in [-0.39, 0.29) is 19.6 Å². The number of nitrogens with zero attached hydrogens (tertiary/aromatic N) is 1. The number of ether oxygens (including phenoxy) is 1. The summed E-state index contributed by atoms with van der Waals surface area (Å²) in [4.78, 5) is 22.7. The average molecular weight is 251 g/mol. The molecular formula is C11H13N3O4. The second-order valence-electron chi connectivity index (χ2n) is 3.39. The Hall–Kier alpha value is -2.44. The second-order valence-corrected chi connectivity index (χ2v) is 3.39. The van der Waals surface area contributed by atoms with Crippen molar-refractivity contribution in [3.8, 4) is 0 Å². The SMILES string of the molecule is N=CCC(=O)OCC[N+](=O)[O-].c1cc2ccc1[nH]2. The summed E-state index contributed by atoms with van der Waals surface area (Å²) in [6.45, 7) is -0.608. The zero-order chi connectivity index (χ0) is 13.4. The summed E-state index contributed by atoms with van der Waals surface area (Å²) in [7, 11) is 0. The predicted octanol–water partition coefficient (Wildman–Crippen LogP) is 1.45. The van der Waals surface area contributed by atoms with Gasteiger partial charge in [-0.1, -0.05) is 0 Å². The molecule has 7 nitrogen and oxygen atoms in total. The van der Waals surface area contributed by atoms with Crippen molar-refractivity contribution in [2.45, 2.75) is 6.42 Å². The van der Waals surface area contributed by atoms with Gasteiger partial charge in [-0.2, -0.15) is 0 Å². The molecule has 0 aliphatic carbocycles. The van der Waals surface area contributed by atoms with Crippen LogP contribution in [0.1, 0.15) is 6.42 Å². The number of benzene rings is 1. The number of H-pyrrole nitrogens is 1. The number of nitrogens with one attached hydrogen (secondary N) is 2. The maximum atomic E-state index is 10.4. The van der Waals surface area contributed by atoms with Crippen molar-refractivity contribution in [1.29, 1.82) is 5.41 Å². The van der Waals surface area contributed by atoms with Crippen LogP contribution in [-0.4, -0.2) is 35.2 Å². The first-order chi connectivity index (χ1) is 8.61. The first-order valence-electron chi connectivity index (χ1n) is 5.25. The van der Waals surface area contributed by atoms with Crippen LogP contribution < -0.4 is 0 Å². The van der Waals surface area contributed by atoms with Crippen LogP contribution in [0.25, 0.3) is 11.0 Å². The molecule has 18 heavy (non-hydrogen) atoms. The molecule has 0 aliphatic rings. The fourth-order valence-corrected chi connectivity index (χ4v) is 1.18. The summed E-state index contributed by atoms with van der Waals surface area (Å²) >= 11 is 0. The van der Waals surface area contributed by atoms with Gasteiger partial charge in [-0.15, -0.1) is 0 Å². The maximum Gasteiger partial charge on any atom is 0.311 e. The number of carbonyl (C=O) groups excluding carboxylic acids is 1. The molecule has 0 unspecified atom stereocenters. The third-order valence-electron chi connectivity index (χ3n) is 1.98. The molecule has 2 N–H and O–H groups in total. The Labute approximate surface area is 103 Å². The number of rotatable bonds is 5. The third kappa shape index (κ3) is 5.06.